The first-order valence-corrected chi connectivity index (χ1v) is 14.1. The lowest BCUT2D eigenvalue weighted by Crippen LogP contribution is -2.54. The Bertz CT molecular complexity index is 736. The molecule has 0 aromatic carbocycles. The number of hydrogen-bond donors (Lipinski definition) is 1. The summed E-state index contributed by atoms with van der Waals surface area (Å²) in [5.41, 5.74) is 0.853. The quantitative estimate of drug-likeness (QED) is 0.304. The van der Waals surface area contributed by atoms with Gasteiger partial charge in [-0.2, -0.15) is 0 Å². The Kier molecular flexibility index (Phi) is 8.01. The van der Waals surface area contributed by atoms with Crippen molar-refractivity contribution in [3.8, 4) is 0 Å². The summed E-state index contributed by atoms with van der Waals surface area (Å²) in [5.74, 6) is 3.71. The normalized spacial score (nSPS) is 42.2. The molecule has 34 heavy (non-hydrogen) atoms. The second kappa shape index (κ2) is 10.5. The first-order chi connectivity index (χ1) is 16.2. The molecule has 4 aliphatic rings. The van der Waals surface area contributed by atoms with E-state index in [-0.39, 0.29) is 5.97 Å². The van der Waals surface area contributed by atoms with Crippen LogP contribution in [0.1, 0.15) is 104 Å². The van der Waals surface area contributed by atoms with Crippen molar-refractivity contribution in [3.05, 3.63) is 0 Å². The van der Waals surface area contributed by atoms with E-state index in [1.54, 1.807) is 0 Å². The van der Waals surface area contributed by atoms with Crippen LogP contribution in [0.25, 0.3) is 0 Å². The van der Waals surface area contributed by atoms with Gasteiger partial charge in [0.2, 0.25) is 0 Å². The average Bonchev–Trinajstić information content (AvgIpc) is 3.17. The molecule has 0 aliphatic heterocycles. The highest BCUT2D eigenvalue weighted by Gasteiger charge is 2.60. The van der Waals surface area contributed by atoms with Gasteiger partial charge < -0.3 is 14.6 Å². The van der Waals surface area contributed by atoms with Crippen molar-refractivity contribution in [2.45, 2.75) is 110 Å². The summed E-state index contributed by atoms with van der Waals surface area (Å²) in [7, 11) is 1.45. The maximum absolute atomic E-state index is 11.3. The minimum absolute atomic E-state index is 0.145. The minimum atomic E-state index is -0.649. The summed E-state index contributed by atoms with van der Waals surface area (Å²) in [4.78, 5) is 22.5. The summed E-state index contributed by atoms with van der Waals surface area (Å²) in [6.07, 6.45) is 14.4. The number of aliphatic carboxylic acids is 1. The minimum Gasteiger partial charge on any atom is -0.481 e. The molecular weight excluding hydrogens is 428 g/mol. The van der Waals surface area contributed by atoms with Crippen molar-refractivity contribution in [1.29, 1.82) is 0 Å². The summed E-state index contributed by atoms with van der Waals surface area (Å²) in [6.45, 7) is 8.15. The number of carbonyl (C=O) groups excluding carboxylic acids is 1. The molecule has 5 heteroatoms. The Morgan fingerprint density at radius 3 is 2.44 bits per heavy atom. The van der Waals surface area contributed by atoms with E-state index < -0.39 is 5.97 Å². The fraction of sp³-hybridized carbons (Fsp3) is 0.931. The first-order valence-electron chi connectivity index (χ1n) is 14.1. The molecule has 4 saturated carbocycles. The van der Waals surface area contributed by atoms with E-state index in [1.807, 2.05) is 0 Å². The van der Waals surface area contributed by atoms with Crippen molar-refractivity contribution in [2.24, 2.45) is 46.3 Å². The van der Waals surface area contributed by atoms with Gasteiger partial charge in [-0.1, -0.05) is 20.8 Å². The summed E-state index contributed by atoms with van der Waals surface area (Å²) < 4.78 is 11.0. The van der Waals surface area contributed by atoms with Crippen molar-refractivity contribution in [3.63, 3.8) is 0 Å². The zero-order valence-corrected chi connectivity index (χ0v) is 22.0. The van der Waals surface area contributed by atoms with Crippen LogP contribution in [0.15, 0.2) is 0 Å². The van der Waals surface area contributed by atoms with E-state index in [4.69, 9.17) is 9.47 Å². The van der Waals surface area contributed by atoms with Crippen LogP contribution >= 0.6 is 0 Å². The topological polar surface area (TPSA) is 72.8 Å². The van der Waals surface area contributed by atoms with Crippen LogP contribution in [0.4, 0.5) is 0 Å². The molecule has 0 aromatic rings. The molecule has 0 spiro atoms. The lowest BCUT2D eigenvalue weighted by molar-refractivity contribution is -0.143. The molecule has 4 fully saturated rings. The Hall–Kier alpha value is -1.10. The zero-order valence-electron chi connectivity index (χ0n) is 22.0. The number of carbonyl (C=O) groups is 2. The first kappa shape index (κ1) is 26.0. The van der Waals surface area contributed by atoms with Crippen LogP contribution in [0.5, 0.6) is 0 Å². The number of ether oxygens (including phenoxy) is 2. The lowest BCUT2D eigenvalue weighted by atomic mass is 9.44. The van der Waals surface area contributed by atoms with Gasteiger partial charge in [0.15, 0.2) is 0 Å². The molecule has 0 amide bonds. The summed E-state index contributed by atoms with van der Waals surface area (Å²) in [5, 5.41) is 9.18. The average molecular weight is 477 g/mol. The number of fused-ring (bicyclic) bond motifs is 5. The highest BCUT2D eigenvalue weighted by Crippen LogP contribution is 2.68. The number of carboxylic acid groups (broad SMARTS) is 1. The highest BCUT2D eigenvalue weighted by atomic mass is 16.5. The summed E-state index contributed by atoms with van der Waals surface area (Å²) in [6, 6.07) is 0. The predicted molar refractivity (Wildman–Crippen MR) is 132 cm³/mol. The fourth-order valence-electron chi connectivity index (χ4n) is 9.47. The number of methoxy groups -OCH3 is 1. The molecule has 0 heterocycles. The molecule has 0 saturated heterocycles. The van der Waals surface area contributed by atoms with Gasteiger partial charge in [0.1, 0.15) is 0 Å². The molecular formula is C29H48O5. The van der Waals surface area contributed by atoms with Gasteiger partial charge >= 0.3 is 11.9 Å². The Morgan fingerprint density at radius 2 is 1.71 bits per heavy atom. The van der Waals surface area contributed by atoms with Gasteiger partial charge in [-0.15, -0.1) is 0 Å². The maximum Gasteiger partial charge on any atom is 0.305 e. The van der Waals surface area contributed by atoms with Crippen LogP contribution in [-0.4, -0.2) is 36.9 Å². The second-order valence-corrected chi connectivity index (χ2v) is 12.7. The highest BCUT2D eigenvalue weighted by molar-refractivity contribution is 5.69. The SMILES string of the molecule is COC(=O)CCCO[C@H]1CC[C@@]2(C)[C@H](CC[C@@H]3[C@@H]2CC[C@]2(C)[C@@H]([C@H](C)CCC(=O)O)CC[C@@H]32)C1. The van der Waals surface area contributed by atoms with E-state index in [2.05, 4.69) is 20.8 Å². The molecule has 4 rings (SSSR count). The second-order valence-electron chi connectivity index (χ2n) is 12.7. The third-order valence-electron chi connectivity index (χ3n) is 11.3. The van der Waals surface area contributed by atoms with Gasteiger partial charge in [-0.05, 0) is 117 Å². The fourth-order valence-corrected chi connectivity index (χ4v) is 9.47. The van der Waals surface area contributed by atoms with E-state index in [9.17, 15) is 14.7 Å². The third kappa shape index (κ3) is 4.92. The van der Waals surface area contributed by atoms with Gasteiger partial charge in [-0.3, -0.25) is 9.59 Å². The van der Waals surface area contributed by atoms with Crippen LogP contribution in [-0.2, 0) is 19.1 Å². The van der Waals surface area contributed by atoms with Crippen LogP contribution in [0, 0.1) is 46.3 Å². The molecule has 0 unspecified atom stereocenters. The van der Waals surface area contributed by atoms with Gasteiger partial charge in [-0.25, -0.2) is 0 Å². The monoisotopic (exact) mass is 476 g/mol. The van der Waals surface area contributed by atoms with Gasteiger partial charge in [0, 0.05) is 19.4 Å². The van der Waals surface area contributed by atoms with Crippen LogP contribution in [0.2, 0.25) is 0 Å². The zero-order chi connectivity index (χ0) is 24.5. The molecule has 4 aliphatic carbocycles. The third-order valence-corrected chi connectivity index (χ3v) is 11.3. The van der Waals surface area contributed by atoms with Crippen LogP contribution < -0.4 is 0 Å². The van der Waals surface area contributed by atoms with E-state index in [0.717, 1.165) is 42.9 Å². The number of carboxylic acids is 1. The summed E-state index contributed by atoms with van der Waals surface area (Å²) >= 11 is 0. The molecule has 0 radical (unpaired) electrons. The number of rotatable bonds is 9. The molecule has 0 aromatic heterocycles. The smallest absolute Gasteiger partial charge is 0.305 e. The van der Waals surface area contributed by atoms with Crippen molar-refractivity contribution >= 4 is 11.9 Å². The Labute approximate surface area is 206 Å². The van der Waals surface area contributed by atoms with Gasteiger partial charge in [0.05, 0.1) is 13.2 Å². The molecule has 5 nitrogen and oxygen atoms in total. The molecule has 0 bridgehead atoms. The van der Waals surface area contributed by atoms with E-state index in [1.165, 1.54) is 58.5 Å². The Morgan fingerprint density at radius 1 is 0.971 bits per heavy atom. The van der Waals surface area contributed by atoms with Crippen LogP contribution in [0.3, 0.4) is 0 Å². The molecule has 1 N–H and O–H groups in total. The molecule has 9 atom stereocenters. The maximum atomic E-state index is 11.3. The lowest BCUT2D eigenvalue weighted by Gasteiger charge is -2.61. The predicted octanol–water partition coefficient (Wildman–Crippen LogP) is 6.48. The van der Waals surface area contributed by atoms with Gasteiger partial charge in [0.25, 0.3) is 0 Å². The van der Waals surface area contributed by atoms with Crippen molar-refractivity contribution in [2.75, 3.05) is 13.7 Å². The largest absolute Gasteiger partial charge is 0.481 e. The molecule has 194 valence electrons. The van der Waals surface area contributed by atoms with Crippen molar-refractivity contribution in [1.82, 2.24) is 0 Å². The van der Waals surface area contributed by atoms with E-state index >= 15 is 0 Å². The Balaban J connectivity index is 1.35. The van der Waals surface area contributed by atoms with E-state index in [0.29, 0.717) is 48.2 Å². The number of esters is 1. The standard InChI is InChI=1S/C29H48O5/c1-19(7-12-26(30)31)23-10-11-24-22-9-8-20-18-21(34-17-5-6-27(32)33-4)13-15-28(20,2)25(22)14-16-29(23,24)3/h19-25H,5-18H2,1-4H3,(H,30,31)/t19-,20-,21+,22+,23-,24+,25+,28+,29-/m1/s1. The number of hydrogen-bond acceptors (Lipinski definition) is 4. The van der Waals surface area contributed by atoms with Crippen molar-refractivity contribution < 1.29 is 24.2 Å².